The van der Waals surface area contributed by atoms with Gasteiger partial charge in [0.15, 0.2) is 6.10 Å². The van der Waals surface area contributed by atoms with E-state index in [1.807, 2.05) is 6.07 Å². The number of rotatable bonds is 5. The van der Waals surface area contributed by atoms with Crippen LogP contribution in [0.25, 0.3) is 0 Å². The number of likely N-dealkylation sites (N-methyl/N-ethyl adjacent to an activating group) is 1. The molecular formula is C13H16N2O3. The number of hydrogen-bond acceptors (Lipinski definition) is 4. The number of ether oxygens (including phenoxy) is 1. The zero-order valence-corrected chi connectivity index (χ0v) is 10.5. The normalized spacial score (nSPS) is 11.4. The standard InChI is InChI=1S/C13H16N2O3/c1-15(8-4-7-14)13(17)12(16)10-5-3-6-11(9-10)18-2/h3,5-6,9,12,16H,4,8H2,1-2H3. The van der Waals surface area contributed by atoms with Crippen LogP contribution < -0.4 is 4.74 Å². The van der Waals surface area contributed by atoms with E-state index in [-0.39, 0.29) is 6.42 Å². The van der Waals surface area contributed by atoms with Crippen molar-refractivity contribution in [3.05, 3.63) is 29.8 Å². The molecule has 0 bridgehead atoms. The van der Waals surface area contributed by atoms with Gasteiger partial charge in [-0.3, -0.25) is 4.79 Å². The first-order valence-electron chi connectivity index (χ1n) is 5.54. The van der Waals surface area contributed by atoms with Gasteiger partial charge in [-0.05, 0) is 17.7 Å². The lowest BCUT2D eigenvalue weighted by Gasteiger charge is -2.19. The first kappa shape index (κ1) is 14.0. The van der Waals surface area contributed by atoms with E-state index >= 15 is 0 Å². The maximum absolute atomic E-state index is 11.9. The second-order valence-corrected chi connectivity index (χ2v) is 3.85. The monoisotopic (exact) mass is 248 g/mol. The molecule has 1 rings (SSSR count). The average Bonchev–Trinajstić information content (AvgIpc) is 2.43. The number of methoxy groups -OCH3 is 1. The van der Waals surface area contributed by atoms with Gasteiger partial charge in [-0.1, -0.05) is 12.1 Å². The van der Waals surface area contributed by atoms with Crippen LogP contribution >= 0.6 is 0 Å². The van der Waals surface area contributed by atoms with Crippen LogP contribution in [0.2, 0.25) is 0 Å². The predicted molar refractivity (Wildman–Crippen MR) is 65.8 cm³/mol. The molecule has 0 aliphatic rings. The van der Waals surface area contributed by atoms with E-state index in [1.165, 1.54) is 12.0 Å². The Morgan fingerprint density at radius 1 is 1.61 bits per heavy atom. The fourth-order valence-corrected chi connectivity index (χ4v) is 1.49. The molecule has 1 aromatic rings. The van der Waals surface area contributed by atoms with Crippen LogP contribution in [-0.4, -0.2) is 36.6 Å². The Balaban J connectivity index is 2.76. The lowest BCUT2D eigenvalue weighted by molar-refractivity contribution is -0.139. The van der Waals surface area contributed by atoms with Crippen LogP contribution in [0.5, 0.6) is 5.75 Å². The van der Waals surface area contributed by atoms with Crippen LogP contribution in [-0.2, 0) is 4.79 Å². The number of benzene rings is 1. The van der Waals surface area contributed by atoms with E-state index in [4.69, 9.17) is 10.00 Å². The summed E-state index contributed by atoms with van der Waals surface area (Å²) in [7, 11) is 3.08. The average molecular weight is 248 g/mol. The van der Waals surface area contributed by atoms with Gasteiger partial charge in [0.05, 0.1) is 19.6 Å². The Bertz CT molecular complexity index is 454. The smallest absolute Gasteiger partial charge is 0.255 e. The van der Waals surface area contributed by atoms with E-state index in [1.54, 1.807) is 31.3 Å². The fraction of sp³-hybridized carbons (Fsp3) is 0.385. The van der Waals surface area contributed by atoms with E-state index < -0.39 is 12.0 Å². The topological polar surface area (TPSA) is 73.6 Å². The predicted octanol–water partition coefficient (Wildman–Crippen LogP) is 1.10. The number of amides is 1. The van der Waals surface area contributed by atoms with Crippen molar-refractivity contribution < 1.29 is 14.6 Å². The Kier molecular flexibility index (Phi) is 5.15. The third-order valence-corrected chi connectivity index (χ3v) is 2.58. The van der Waals surface area contributed by atoms with Crippen molar-refractivity contribution in [1.82, 2.24) is 4.90 Å². The zero-order valence-electron chi connectivity index (χ0n) is 10.5. The molecule has 18 heavy (non-hydrogen) atoms. The Labute approximate surface area is 106 Å². The highest BCUT2D eigenvalue weighted by atomic mass is 16.5. The van der Waals surface area contributed by atoms with Gasteiger partial charge in [-0.2, -0.15) is 5.26 Å². The molecule has 1 N–H and O–H groups in total. The molecule has 0 aliphatic heterocycles. The van der Waals surface area contributed by atoms with Crippen LogP contribution in [0.15, 0.2) is 24.3 Å². The Morgan fingerprint density at radius 2 is 2.33 bits per heavy atom. The summed E-state index contributed by atoms with van der Waals surface area (Å²) in [5, 5.41) is 18.4. The zero-order chi connectivity index (χ0) is 13.5. The molecule has 0 saturated carbocycles. The van der Waals surface area contributed by atoms with Crippen LogP contribution in [0, 0.1) is 11.3 Å². The maximum atomic E-state index is 11.9. The van der Waals surface area contributed by atoms with Gasteiger partial charge in [0.2, 0.25) is 0 Å². The second-order valence-electron chi connectivity index (χ2n) is 3.85. The van der Waals surface area contributed by atoms with Crippen molar-refractivity contribution in [1.29, 1.82) is 5.26 Å². The number of aliphatic hydroxyl groups is 1. The van der Waals surface area contributed by atoms with Gasteiger partial charge in [0.25, 0.3) is 5.91 Å². The van der Waals surface area contributed by atoms with E-state index in [0.717, 1.165) is 0 Å². The lowest BCUT2D eigenvalue weighted by Crippen LogP contribution is -2.32. The second kappa shape index (κ2) is 6.62. The summed E-state index contributed by atoms with van der Waals surface area (Å²) >= 11 is 0. The summed E-state index contributed by atoms with van der Waals surface area (Å²) in [5.74, 6) is 0.150. The highest BCUT2D eigenvalue weighted by Crippen LogP contribution is 2.20. The molecule has 0 aliphatic carbocycles. The van der Waals surface area contributed by atoms with Gasteiger partial charge in [0, 0.05) is 13.6 Å². The van der Waals surface area contributed by atoms with Gasteiger partial charge < -0.3 is 14.7 Å². The van der Waals surface area contributed by atoms with Crippen molar-refractivity contribution >= 4 is 5.91 Å². The third kappa shape index (κ3) is 3.47. The number of hydrogen-bond donors (Lipinski definition) is 1. The summed E-state index contributed by atoms with van der Waals surface area (Å²) in [5.41, 5.74) is 0.475. The number of nitriles is 1. The molecular weight excluding hydrogens is 232 g/mol. The lowest BCUT2D eigenvalue weighted by atomic mass is 10.1. The molecule has 1 unspecified atom stereocenters. The minimum Gasteiger partial charge on any atom is -0.497 e. The SMILES string of the molecule is COc1cccc(C(O)C(=O)N(C)CCC#N)c1. The number of nitrogens with zero attached hydrogens (tertiary/aromatic N) is 2. The van der Waals surface area contributed by atoms with Gasteiger partial charge in [0.1, 0.15) is 5.75 Å². The van der Waals surface area contributed by atoms with Crippen LogP contribution in [0.1, 0.15) is 18.1 Å². The largest absolute Gasteiger partial charge is 0.497 e. The van der Waals surface area contributed by atoms with Crippen molar-refractivity contribution in [3.8, 4) is 11.8 Å². The maximum Gasteiger partial charge on any atom is 0.255 e. The molecule has 5 heteroatoms. The number of aliphatic hydroxyl groups excluding tert-OH is 1. The van der Waals surface area contributed by atoms with E-state index in [2.05, 4.69) is 0 Å². The summed E-state index contributed by atoms with van der Waals surface area (Å²) < 4.78 is 5.03. The van der Waals surface area contributed by atoms with Gasteiger partial charge in [-0.15, -0.1) is 0 Å². The molecule has 0 fully saturated rings. The van der Waals surface area contributed by atoms with Crippen molar-refractivity contribution in [2.75, 3.05) is 20.7 Å². The minimum absolute atomic E-state index is 0.243. The van der Waals surface area contributed by atoms with Crippen molar-refractivity contribution in [3.63, 3.8) is 0 Å². The van der Waals surface area contributed by atoms with E-state index in [0.29, 0.717) is 17.9 Å². The Morgan fingerprint density at radius 3 is 2.94 bits per heavy atom. The fourth-order valence-electron chi connectivity index (χ4n) is 1.49. The highest BCUT2D eigenvalue weighted by molar-refractivity contribution is 5.81. The molecule has 0 radical (unpaired) electrons. The molecule has 0 heterocycles. The highest BCUT2D eigenvalue weighted by Gasteiger charge is 2.21. The van der Waals surface area contributed by atoms with Gasteiger partial charge in [-0.25, -0.2) is 0 Å². The van der Waals surface area contributed by atoms with Crippen molar-refractivity contribution in [2.45, 2.75) is 12.5 Å². The molecule has 0 saturated heterocycles. The summed E-state index contributed by atoms with van der Waals surface area (Å²) in [6.07, 6.45) is -0.989. The molecule has 0 aromatic heterocycles. The van der Waals surface area contributed by atoms with Crippen LogP contribution in [0.3, 0.4) is 0 Å². The third-order valence-electron chi connectivity index (χ3n) is 2.58. The molecule has 1 atom stereocenters. The first-order valence-corrected chi connectivity index (χ1v) is 5.54. The summed E-state index contributed by atoms with van der Waals surface area (Å²) in [6, 6.07) is 8.67. The quantitative estimate of drug-likeness (QED) is 0.846. The van der Waals surface area contributed by atoms with E-state index in [9.17, 15) is 9.90 Å². The molecule has 0 spiro atoms. The molecule has 96 valence electrons. The molecule has 5 nitrogen and oxygen atoms in total. The summed E-state index contributed by atoms with van der Waals surface area (Å²) in [4.78, 5) is 13.2. The molecule has 1 amide bonds. The van der Waals surface area contributed by atoms with Gasteiger partial charge >= 0.3 is 0 Å². The van der Waals surface area contributed by atoms with Crippen LogP contribution in [0.4, 0.5) is 0 Å². The summed E-state index contributed by atoms with van der Waals surface area (Å²) in [6.45, 7) is 0.302. The Hall–Kier alpha value is -2.06. The molecule has 1 aromatic carbocycles. The minimum atomic E-state index is -1.23. The van der Waals surface area contributed by atoms with Crippen molar-refractivity contribution in [2.24, 2.45) is 0 Å². The first-order chi connectivity index (χ1) is 8.60. The number of carbonyl (C=O) groups excluding carboxylic acids is 1. The number of carbonyl (C=O) groups is 1.